The second kappa shape index (κ2) is 9.08. The molecular formula is C19H21BrN6O4. The van der Waals surface area contributed by atoms with Crippen molar-refractivity contribution < 1.29 is 14.5 Å². The average molecular weight is 477 g/mol. The Balaban J connectivity index is 1.65. The van der Waals surface area contributed by atoms with E-state index in [2.05, 4.69) is 31.4 Å². The van der Waals surface area contributed by atoms with E-state index in [1.807, 2.05) is 42.8 Å². The molecule has 0 radical (unpaired) electrons. The summed E-state index contributed by atoms with van der Waals surface area (Å²) in [6, 6.07) is 7.72. The Labute approximate surface area is 181 Å². The molecule has 0 saturated carbocycles. The van der Waals surface area contributed by atoms with Crippen molar-refractivity contribution in [2.45, 2.75) is 33.4 Å². The van der Waals surface area contributed by atoms with E-state index in [1.54, 1.807) is 7.11 Å². The van der Waals surface area contributed by atoms with E-state index in [0.717, 1.165) is 17.0 Å². The Morgan fingerprint density at radius 2 is 2.10 bits per heavy atom. The van der Waals surface area contributed by atoms with E-state index in [1.165, 1.54) is 10.9 Å². The standard InChI is InChI=1S/C19H21BrN6O4/c1-12-18(13(2)25(22-12)10-14-5-4-6-15(9-14)30-3)21-17(27)7-8-24-11-16(20)19(23-24)26(28)29/h4-6,9,11H,7-8,10H2,1-3H3,(H,21,27). The van der Waals surface area contributed by atoms with Crippen LogP contribution >= 0.6 is 15.9 Å². The lowest BCUT2D eigenvalue weighted by atomic mass is 10.2. The van der Waals surface area contributed by atoms with Crippen LogP contribution in [0, 0.1) is 24.0 Å². The van der Waals surface area contributed by atoms with Crippen LogP contribution in [0.3, 0.4) is 0 Å². The number of benzene rings is 1. The number of hydrogen-bond acceptors (Lipinski definition) is 6. The molecule has 2 heterocycles. The zero-order valence-electron chi connectivity index (χ0n) is 16.8. The van der Waals surface area contributed by atoms with Crippen LogP contribution in [0.25, 0.3) is 0 Å². The molecule has 11 heteroatoms. The molecule has 30 heavy (non-hydrogen) atoms. The minimum atomic E-state index is -0.579. The molecule has 1 N–H and O–H groups in total. The van der Waals surface area contributed by atoms with Gasteiger partial charge in [-0.25, -0.2) is 0 Å². The van der Waals surface area contributed by atoms with Gasteiger partial charge < -0.3 is 20.2 Å². The fourth-order valence-electron chi connectivity index (χ4n) is 3.02. The van der Waals surface area contributed by atoms with Crippen molar-refractivity contribution in [3.8, 4) is 5.75 Å². The van der Waals surface area contributed by atoms with E-state index in [4.69, 9.17) is 4.74 Å². The minimum Gasteiger partial charge on any atom is -0.497 e. The third-order valence-electron chi connectivity index (χ3n) is 4.55. The quantitative estimate of drug-likeness (QED) is 0.392. The fourth-order valence-corrected chi connectivity index (χ4v) is 3.48. The molecule has 158 valence electrons. The first kappa shape index (κ1) is 21.5. The first-order chi connectivity index (χ1) is 14.3. The van der Waals surface area contributed by atoms with Gasteiger partial charge in [0.2, 0.25) is 5.91 Å². The molecule has 3 rings (SSSR count). The number of anilines is 1. The van der Waals surface area contributed by atoms with Gasteiger partial charge in [0.05, 0.1) is 48.6 Å². The van der Waals surface area contributed by atoms with Gasteiger partial charge in [-0.05, 0) is 52.4 Å². The number of nitrogens with zero attached hydrogens (tertiary/aromatic N) is 5. The largest absolute Gasteiger partial charge is 0.497 e. The molecule has 3 aromatic rings. The van der Waals surface area contributed by atoms with Crippen molar-refractivity contribution in [2.75, 3.05) is 12.4 Å². The highest BCUT2D eigenvalue weighted by atomic mass is 79.9. The molecule has 0 aliphatic carbocycles. The molecule has 0 aliphatic rings. The number of aromatic nitrogens is 4. The molecule has 0 saturated heterocycles. The summed E-state index contributed by atoms with van der Waals surface area (Å²) in [6.45, 7) is 4.49. The van der Waals surface area contributed by atoms with Gasteiger partial charge in [0.25, 0.3) is 0 Å². The Bertz CT molecular complexity index is 1090. The summed E-state index contributed by atoms with van der Waals surface area (Å²) in [6.07, 6.45) is 1.60. The lowest BCUT2D eigenvalue weighted by molar-refractivity contribution is -0.390. The van der Waals surface area contributed by atoms with Crippen molar-refractivity contribution in [1.29, 1.82) is 0 Å². The van der Waals surface area contributed by atoms with Gasteiger partial charge in [-0.1, -0.05) is 12.1 Å². The first-order valence-electron chi connectivity index (χ1n) is 9.12. The molecule has 2 aromatic heterocycles. The SMILES string of the molecule is COc1cccc(Cn2nc(C)c(NC(=O)CCn3cc(Br)c([N+](=O)[O-])n3)c2C)c1. The molecule has 0 bridgehead atoms. The molecule has 0 spiro atoms. The lowest BCUT2D eigenvalue weighted by Crippen LogP contribution is -2.16. The van der Waals surface area contributed by atoms with Crippen LogP contribution in [-0.4, -0.2) is 37.5 Å². The van der Waals surface area contributed by atoms with Gasteiger partial charge in [0.15, 0.2) is 0 Å². The number of amides is 1. The lowest BCUT2D eigenvalue weighted by Gasteiger charge is -2.08. The van der Waals surface area contributed by atoms with Crippen LogP contribution in [0.1, 0.15) is 23.4 Å². The Morgan fingerprint density at radius 3 is 2.77 bits per heavy atom. The molecule has 0 fully saturated rings. The number of ether oxygens (including phenoxy) is 1. The summed E-state index contributed by atoms with van der Waals surface area (Å²) in [5.41, 5.74) is 3.24. The average Bonchev–Trinajstić information content (AvgIpc) is 3.21. The predicted molar refractivity (Wildman–Crippen MR) is 114 cm³/mol. The van der Waals surface area contributed by atoms with Crippen LogP contribution in [0.15, 0.2) is 34.9 Å². The maximum atomic E-state index is 12.4. The van der Waals surface area contributed by atoms with Gasteiger partial charge in [0, 0.05) is 6.42 Å². The van der Waals surface area contributed by atoms with E-state index in [0.29, 0.717) is 17.9 Å². The number of carbonyl (C=O) groups is 1. The zero-order valence-corrected chi connectivity index (χ0v) is 18.3. The van der Waals surface area contributed by atoms with Crippen molar-refractivity contribution in [2.24, 2.45) is 0 Å². The number of halogens is 1. The number of rotatable bonds is 8. The Morgan fingerprint density at radius 1 is 1.33 bits per heavy atom. The van der Waals surface area contributed by atoms with Crippen LogP contribution < -0.4 is 10.1 Å². The molecule has 0 atom stereocenters. The highest BCUT2D eigenvalue weighted by Gasteiger charge is 2.20. The maximum Gasteiger partial charge on any atom is 0.404 e. The minimum absolute atomic E-state index is 0.116. The smallest absolute Gasteiger partial charge is 0.404 e. The van der Waals surface area contributed by atoms with Crippen LogP contribution in [0.4, 0.5) is 11.5 Å². The summed E-state index contributed by atoms with van der Waals surface area (Å²) in [4.78, 5) is 22.7. The number of hydrogen-bond donors (Lipinski definition) is 1. The maximum absolute atomic E-state index is 12.4. The monoisotopic (exact) mass is 476 g/mol. The number of methoxy groups -OCH3 is 1. The zero-order chi connectivity index (χ0) is 21.8. The highest BCUT2D eigenvalue weighted by Crippen LogP contribution is 2.23. The summed E-state index contributed by atoms with van der Waals surface area (Å²) < 4.78 is 8.73. The summed E-state index contributed by atoms with van der Waals surface area (Å²) >= 11 is 3.09. The van der Waals surface area contributed by atoms with Crippen molar-refractivity contribution in [3.63, 3.8) is 0 Å². The van der Waals surface area contributed by atoms with E-state index >= 15 is 0 Å². The van der Waals surface area contributed by atoms with E-state index in [-0.39, 0.29) is 29.2 Å². The number of carbonyl (C=O) groups excluding carboxylic acids is 1. The molecule has 1 amide bonds. The van der Waals surface area contributed by atoms with Crippen molar-refractivity contribution in [3.05, 3.63) is 62.0 Å². The van der Waals surface area contributed by atoms with Gasteiger partial charge in [-0.3, -0.25) is 9.48 Å². The molecule has 10 nitrogen and oxygen atoms in total. The van der Waals surface area contributed by atoms with Crippen LogP contribution in [-0.2, 0) is 17.9 Å². The molecule has 0 unspecified atom stereocenters. The predicted octanol–water partition coefficient (Wildman–Crippen LogP) is 3.45. The van der Waals surface area contributed by atoms with Gasteiger partial charge in [-0.15, -0.1) is 0 Å². The number of aryl methyl sites for hydroxylation is 2. The Kier molecular flexibility index (Phi) is 6.50. The second-order valence-electron chi connectivity index (χ2n) is 6.67. The summed E-state index contributed by atoms with van der Waals surface area (Å²) in [7, 11) is 1.62. The van der Waals surface area contributed by atoms with Crippen molar-refractivity contribution in [1.82, 2.24) is 19.6 Å². The van der Waals surface area contributed by atoms with Crippen LogP contribution in [0.5, 0.6) is 5.75 Å². The third-order valence-corrected chi connectivity index (χ3v) is 5.11. The van der Waals surface area contributed by atoms with Gasteiger partial charge in [-0.2, -0.15) is 9.78 Å². The summed E-state index contributed by atoms with van der Waals surface area (Å²) in [5, 5.41) is 22.1. The van der Waals surface area contributed by atoms with Crippen LogP contribution in [0.2, 0.25) is 0 Å². The fraction of sp³-hybridized carbons (Fsp3) is 0.316. The normalized spacial score (nSPS) is 10.8. The molecular weight excluding hydrogens is 456 g/mol. The van der Waals surface area contributed by atoms with E-state index in [9.17, 15) is 14.9 Å². The number of nitrogens with one attached hydrogen (secondary N) is 1. The van der Waals surface area contributed by atoms with Crippen molar-refractivity contribution >= 4 is 33.3 Å². The third kappa shape index (κ3) is 4.85. The summed E-state index contributed by atoms with van der Waals surface area (Å²) in [5.74, 6) is 0.269. The highest BCUT2D eigenvalue weighted by molar-refractivity contribution is 9.10. The second-order valence-corrected chi connectivity index (χ2v) is 7.53. The Hall–Kier alpha value is -3.21. The topological polar surface area (TPSA) is 117 Å². The molecule has 0 aliphatic heterocycles. The first-order valence-corrected chi connectivity index (χ1v) is 9.92. The van der Waals surface area contributed by atoms with E-state index < -0.39 is 4.92 Å². The molecule has 1 aromatic carbocycles. The van der Waals surface area contributed by atoms with Gasteiger partial charge >= 0.3 is 5.82 Å². The number of nitro groups is 1. The van der Waals surface area contributed by atoms with Gasteiger partial charge in [0.1, 0.15) is 10.2 Å².